The Morgan fingerprint density at radius 2 is 1.73 bits per heavy atom. The van der Waals surface area contributed by atoms with E-state index < -0.39 is 40.1 Å². The molecule has 0 atom stereocenters. The van der Waals surface area contributed by atoms with Gasteiger partial charge in [-0.05, 0) is 36.4 Å². The van der Waals surface area contributed by atoms with Crippen LogP contribution in [-0.2, 0) is 19.4 Å². The molecule has 2 aromatic carbocycles. The van der Waals surface area contributed by atoms with E-state index in [1.165, 1.54) is 37.4 Å². The average molecular weight is 451 g/mol. The highest BCUT2D eigenvalue weighted by Gasteiger charge is 2.32. The summed E-state index contributed by atoms with van der Waals surface area (Å²) in [4.78, 5) is 48.8. The Labute approximate surface area is 176 Å². The molecule has 0 radical (unpaired) electrons. The largest absolute Gasteiger partial charge is 0.452 e. The van der Waals surface area contributed by atoms with Crippen LogP contribution >= 0.6 is 11.6 Å². The van der Waals surface area contributed by atoms with E-state index in [4.69, 9.17) is 16.3 Å². The number of anilines is 1. The van der Waals surface area contributed by atoms with E-state index in [1.54, 1.807) is 0 Å². The van der Waals surface area contributed by atoms with Gasteiger partial charge in [0.1, 0.15) is 0 Å². The van der Waals surface area contributed by atoms with Crippen molar-refractivity contribution in [1.29, 1.82) is 0 Å². The Balaban J connectivity index is 1.65. The normalized spacial score (nSPS) is 13.2. The average Bonchev–Trinajstić information content (AvgIpc) is 2.89. The molecular weight excluding hydrogens is 436 g/mol. The van der Waals surface area contributed by atoms with Crippen molar-refractivity contribution in [2.45, 2.75) is 4.90 Å². The first-order chi connectivity index (χ1) is 14.0. The molecular formula is C19H15ClN2O7S. The zero-order valence-electron chi connectivity index (χ0n) is 15.8. The number of esters is 1. The third-order valence-electron chi connectivity index (χ3n) is 4.27. The number of halogens is 1. The number of hydrogen-bond acceptors (Lipinski definition) is 7. The zero-order chi connectivity index (χ0) is 22.2. The number of carbonyl (C=O) groups is 4. The fourth-order valence-corrected chi connectivity index (χ4v) is 4.07. The fraction of sp³-hybridized carbons (Fsp3) is 0.158. The standard InChI is InChI=1S/C19H15ClN2O7S/c1-22-17(24)12-5-4-11(8-13(12)18(22)25)21-16(23)9-29-19(26)10-3-6-14(20)15(7-10)30(2,27)28/h3-8H,9H2,1-2H3,(H,21,23). The van der Waals surface area contributed by atoms with Crippen molar-refractivity contribution in [3.8, 4) is 0 Å². The van der Waals surface area contributed by atoms with Crippen LogP contribution < -0.4 is 5.32 Å². The third kappa shape index (κ3) is 4.19. The SMILES string of the molecule is CN1C(=O)c2ccc(NC(=O)COC(=O)c3ccc(Cl)c(S(C)(=O)=O)c3)cc2C1=O. The minimum atomic E-state index is -3.65. The molecule has 2 aromatic rings. The maximum absolute atomic E-state index is 12.1. The van der Waals surface area contributed by atoms with E-state index >= 15 is 0 Å². The predicted octanol–water partition coefficient (Wildman–Crippen LogP) is 1.76. The lowest BCUT2D eigenvalue weighted by Gasteiger charge is -2.09. The van der Waals surface area contributed by atoms with Crippen LogP contribution in [0, 0.1) is 0 Å². The lowest BCUT2D eigenvalue weighted by atomic mass is 10.1. The van der Waals surface area contributed by atoms with Gasteiger partial charge in [0.2, 0.25) is 0 Å². The van der Waals surface area contributed by atoms with E-state index in [9.17, 15) is 27.6 Å². The van der Waals surface area contributed by atoms with Crippen LogP contribution in [0.1, 0.15) is 31.1 Å². The van der Waals surface area contributed by atoms with Gasteiger partial charge in [-0.15, -0.1) is 0 Å². The molecule has 3 amide bonds. The molecule has 0 unspecified atom stereocenters. The van der Waals surface area contributed by atoms with Gasteiger partial charge in [0.25, 0.3) is 17.7 Å². The van der Waals surface area contributed by atoms with E-state index in [0.29, 0.717) is 0 Å². The minimum Gasteiger partial charge on any atom is -0.452 e. The molecule has 1 aliphatic rings. The van der Waals surface area contributed by atoms with Crippen LogP contribution in [-0.4, -0.2) is 56.9 Å². The molecule has 9 nitrogen and oxygen atoms in total. The van der Waals surface area contributed by atoms with Crippen LogP contribution in [0.5, 0.6) is 0 Å². The van der Waals surface area contributed by atoms with Gasteiger partial charge in [0, 0.05) is 19.0 Å². The van der Waals surface area contributed by atoms with E-state index in [1.807, 2.05) is 0 Å². The molecule has 0 bridgehead atoms. The van der Waals surface area contributed by atoms with Gasteiger partial charge in [0.05, 0.1) is 26.6 Å². The molecule has 30 heavy (non-hydrogen) atoms. The van der Waals surface area contributed by atoms with Crippen LogP contribution in [0.3, 0.4) is 0 Å². The van der Waals surface area contributed by atoms with Crippen molar-refractivity contribution in [2.75, 3.05) is 25.2 Å². The first-order valence-corrected chi connectivity index (χ1v) is 10.7. The molecule has 3 rings (SSSR count). The molecule has 11 heteroatoms. The maximum Gasteiger partial charge on any atom is 0.338 e. The summed E-state index contributed by atoms with van der Waals surface area (Å²) in [6.45, 7) is -0.653. The highest BCUT2D eigenvalue weighted by molar-refractivity contribution is 7.90. The van der Waals surface area contributed by atoms with Gasteiger partial charge >= 0.3 is 5.97 Å². The van der Waals surface area contributed by atoms with Crippen LogP contribution in [0.2, 0.25) is 5.02 Å². The third-order valence-corrected chi connectivity index (χ3v) is 5.85. The quantitative estimate of drug-likeness (QED) is 0.543. The summed E-state index contributed by atoms with van der Waals surface area (Å²) in [6.07, 6.45) is 0.948. The Kier molecular flexibility index (Phi) is 5.64. The van der Waals surface area contributed by atoms with E-state index in [2.05, 4.69) is 5.32 Å². The number of benzene rings is 2. The first kappa shape index (κ1) is 21.5. The molecule has 0 saturated carbocycles. The van der Waals surface area contributed by atoms with E-state index in [-0.39, 0.29) is 32.3 Å². The lowest BCUT2D eigenvalue weighted by Crippen LogP contribution is -2.24. The van der Waals surface area contributed by atoms with E-state index in [0.717, 1.165) is 17.2 Å². The summed E-state index contributed by atoms with van der Waals surface area (Å²) in [5.74, 6) is -2.52. The molecule has 0 aromatic heterocycles. The number of rotatable bonds is 5. The van der Waals surface area contributed by atoms with Crippen LogP contribution in [0.25, 0.3) is 0 Å². The monoisotopic (exact) mass is 450 g/mol. The second-order valence-corrected chi connectivity index (χ2v) is 8.86. The molecule has 0 saturated heterocycles. The smallest absolute Gasteiger partial charge is 0.338 e. The molecule has 0 fully saturated rings. The number of amides is 3. The van der Waals surface area contributed by atoms with Gasteiger partial charge in [-0.2, -0.15) is 0 Å². The van der Waals surface area contributed by atoms with Gasteiger partial charge in [-0.1, -0.05) is 11.6 Å². The number of nitrogens with zero attached hydrogens (tertiary/aromatic N) is 1. The van der Waals surface area contributed by atoms with Crippen LogP contribution in [0.4, 0.5) is 5.69 Å². The van der Waals surface area contributed by atoms with Gasteiger partial charge in [-0.3, -0.25) is 19.3 Å². The Morgan fingerprint density at radius 1 is 1.07 bits per heavy atom. The topological polar surface area (TPSA) is 127 Å². The number of fused-ring (bicyclic) bond motifs is 1. The van der Waals surface area contributed by atoms with Gasteiger partial charge in [-0.25, -0.2) is 13.2 Å². The number of nitrogens with one attached hydrogen (secondary N) is 1. The maximum atomic E-state index is 12.1. The van der Waals surface area contributed by atoms with Crippen molar-refractivity contribution in [1.82, 2.24) is 4.90 Å². The number of hydrogen-bond donors (Lipinski definition) is 1. The van der Waals surface area contributed by atoms with Crippen molar-refractivity contribution in [2.24, 2.45) is 0 Å². The van der Waals surface area contributed by atoms with Crippen molar-refractivity contribution >= 4 is 50.8 Å². The van der Waals surface area contributed by atoms with Crippen molar-refractivity contribution in [3.63, 3.8) is 0 Å². The number of ether oxygens (including phenoxy) is 1. The Bertz CT molecular complexity index is 1210. The summed E-state index contributed by atoms with van der Waals surface area (Å²) in [5.41, 5.74) is 0.553. The molecule has 0 spiro atoms. The van der Waals surface area contributed by atoms with Crippen molar-refractivity contribution < 1.29 is 32.3 Å². The zero-order valence-corrected chi connectivity index (χ0v) is 17.3. The summed E-state index contributed by atoms with van der Waals surface area (Å²) in [6, 6.07) is 7.81. The Morgan fingerprint density at radius 3 is 2.40 bits per heavy atom. The predicted molar refractivity (Wildman–Crippen MR) is 106 cm³/mol. The first-order valence-electron chi connectivity index (χ1n) is 8.42. The number of carbonyl (C=O) groups excluding carboxylic acids is 4. The lowest BCUT2D eigenvalue weighted by molar-refractivity contribution is -0.119. The second-order valence-electron chi connectivity index (χ2n) is 6.47. The molecule has 1 heterocycles. The summed E-state index contributed by atoms with van der Waals surface area (Å²) < 4.78 is 28.3. The highest BCUT2D eigenvalue weighted by Crippen LogP contribution is 2.25. The number of imide groups is 1. The second kappa shape index (κ2) is 7.88. The van der Waals surface area contributed by atoms with Crippen LogP contribution in [0.15, 0.2) is 41.3 Å². The Hall–Kier alpha value is -3.24. The number of sulfone groups is 1. The summed E-state index contributed by atoms with van der Waals surface area (Å²) in [5, 5.41) is 2.42. The fourth-order valence-electron chi connectivity index (χ4n) is 2.77. The molecule has 0 aliphatic carbocycles. The summed E-state index contributed by atoms with van der Waals surface area (Å²) >= 11 is 5.83. The van der Waals surface area contributed by atoms with Gasteiger partial charge in [0.15, 0.2) is 16.4 Å². The highest BCUT2D eigenvalue weighted by atomic mass is 35.5. The van der Waals surface area contributed by atoms with Gasteiger partial charge < -0.3 is 10.1 Å². The molecule has 156 valence electrons. The minimum absolute atomic E-state index is 0.0397. The summed E-state index contributed by atoms with van der Waals surface area (Å²) in [7, 11) is -2.30. The molecule has 1 N–H and O–H groups in total. The van der Waals surface area contributed by atoms with Crippen molar-refractivity contribution in [3.05, 3.63) is 58.1 Å². The molecule has 1 aliphatic heterocycles.